The van der Waals surface area contributed by atoms with E-state index in [1.807, 2.05) is 0 Å². The molecule has 1 unspecified atom stereocenters. The molecule has 65 heavy (non-hydrogen) atoms. The number of carbonyl (C=O) groups excluding carboxylic acids is 3. The first kappa shape index (κ1) is 61.6. The number of allylic oxidation sites excluding steroid dienone is 14. The molecule has 0 aromatic carbocycles. The monoisotopic (exact) mass is 905 g/mol. The molecular weight excluding hydrogens is 805 g/mol. The van der Waals surface area contributed by atoms with Crippen molar-refractivity contribution >= 4 is 17.9 Å². The average Bonchev–Trinajstić information content (AvgIpc) is 3.30. The van der Waals surface area contributed by atoms with Gasteiger partial charge in [0, 0.05) is 19.3 Å². The predicted molar refractivity (Wildman–Crippen MR) is 279 cm³/mol. The molecule has 0 radical (unpaired) electrons. The molecule has 0 rings (SSSR count). The van der Waals surface area contributed by atoms with Gasteiger partial charge in [-0.1, -0.05) is 215 Å². The zero-order valence-corrected chi connectivity index (χ0v) is 42.5. The number of esters is 3. The fourth-order valence-electron chi connectivity index (χ4n) is 7.31. The predicted octanol–water partition coefficient (Wildman–Crippen LogP) is 18.0. The zero-order chi connectivity index (χ0) is 47.2. The summed E-state index contributed by atoms with van der Waals surface area (Å²) in [5.74, 6) is -0.991. The minimum atomic E-state index is -0.815. The van der Waals surface area contributed by atoms with Gasteiger partial charge in [-0.05, 0) is 103 Å². The third kappa shape index (κ3) is 51.4. The lowest BCUT2D eigenvalue weighted by molar-refractivity contribution is -0.167. The first-order valence-electron chi connectivity index (χ1n) is 27.1. The van der Waals surface area contributed by atoms with E-state index in [0.717, 1.165) is 109 Å². The number of hydrogen-bond donors (Lipinski definition) is 0. The lowest BCUT2D eigenvalue weighted by Gasteiger charge is -2.18. The number of rotatable bonds is 48. The Kier molecular flexibility index (Phi) is 50.4. The van der Waals surface area contributed by atoms with Crippen LogP contribution in [0.3, 0.4) is 0 Å². The summed E-state index contributed by atoms with van der Waals surface area (Å²) in [5, 5.41) is 0. The van der Waals surface area contributed by atoms with Crippen molar-refractivity contribution in [1.29, 1.82) is 0 Å². The van der Waals surface area contributed by atoms with Crippen LogP contribution in [-0.4, -0.2) is 37.2 Å². The maximum atomic E-state index is 12.8. The first-order valence-corrected chi connectivity index (χ1v) is 27.1. The van der Waals surface area contributed by atoms with Gasteiger partial charge < -0.3 is 14.2 Å². The summed E-state index contributed by atoms with van der Waals surface area (Å²) in [5.41, 5.74) is 0. The maximum Gasteiger partial charge on any atom is 0.306 e. The van der Waals surface area contributed by atoms with Crippen LogP contribution < -0.4 is 0 Å². The highest BCUT2D eigenvalue weighted by Gasteiger charge is 2.19. The summed E-state index contributed by atoms with van der Waals surface area (Å²) in [7, 11) is 0. The van der Waals surface area contributed by atoms with Crippen LogP contribution >= 0.6 is 0 Å². The largest absolute Gasteiger partial charge is 0.462 e. The Balaban J connectivity index is 4.49. The Morgan fingerprint density at radius 2 is 0.662 bits per heavy atom. The molecule has 0 fully saturated rings. The van der Waals surface area contributed by atoms with Gasteiger partial charge in [-0.2, -0.15) is 0 Å². The molecule has 0 spiro atoms. The second kappa shape index (κ2) is 53.2. The molecule has 6 heteroatoms. The number of unbranched alkanes of at least 4 members (excludes halogenated alkanes) is 24. The van der Waals surface area contributed by atoms with Gasteiger partial charge in [0.25, 0.3) is 0 Å². The maximum absolute atomic E-state index is 12.8. The molecule has 0 aliphatic rings. The van der Waals surface area contributed by atoms with Crippen LogP contribution in [0.15, 0.2) is 85.1 Å². The standard InChI is InChI=1S/C59H100O6/c1-4-7-10-13-16-19-22-25-27-29-31-32-34-37-40-43-46-49-52-58(61)64-55-56(54-63-57(60)51-48-45-42-39-36-24-21-18-15-12-9-6-3)65-59(62)53-50-47-44-41-38-35-33-30-28-26-23-20-17-14-11-8-5-2/h9,12,18,21,26-29,31-33,35,41,44,56H,4-8,10-11,13-17,19-20,22-25,30,34,36-40,42-43,45-55H2,1-3H3/b12-9-,21-18-,28-26-,29-27-,32-31-,35-33-,44-41-. The highest BCUT2D eigenvalue weighted by molar-refractivity contribution is 5.71. The second-order valence-electron chi connectivity index (χ2n) is 17.8. The smallest absolute Gasteiger partial charge is 0.306 e. The van der Waals surface area contributed by atoms with E-state index >= 15 is 0 Å². The normalized spacial score (nSPS) is 12.7. The molecule has 0 amide bonds. The number of carbonyl (C=O) groups is 3. The van der Waals surface area contributed by atoms with Crippen LogP contribution in [0.25, 0.3) is 0 Å². The van der Waals surface area contributed by atoms with E-state index in [-0.39, 0.29) is 37.5 Å². The first-order chi connectivity index (χ1) is 32.0. The molecule has 0 aliphatic carbocycles. The van der Waals surface area contributed by atoms with E-state index in [2.05, 4.69) is 106 Å². The number of hydrogen-bond acceptors (Lipinski definition) is 6. The molecule has 0 heterocycles. The molecule has 372 valence electrons. The summed E-state index contributed by atoms with van der Waals surface area (Å²) in [4.78, 5) is 38.0. The average molecular weight is 905 g/mol. The molecule has 1 atom stereocenters. The molecule has 0 aromatic heterocycles. The molecule has 0 saturated heterocycles. The van der Waals surface area contributed by atoms with E-state index in [1.54, 1.807) is 0 Å². The van der Waals surface area contributed by atoms with Gasteiger partial charge in [0.1, 0.15) is 13.2 Å². The van der Waals surface area contributed by atoms with Crippen molar-refractivity contribution in [2.75, 3.05) is 13.2 Å². The highest BCUT2D eigenvalue weighted by atomic mass is 16.6. The Morgan fingerprint density at radius 1 is 0.338 bits per heavy atom. The fraction of sp³-hybridized carbons (Fsp3) is 0.712. The van der Waals surface area contributed by atoms with Gasteiger partial charge in [0.2, 0.25) is 0 Å². The van der Waals surface area contributed by atoms with Gasteiger partial charge in [-0.3, -0.25) is 14.4 Å². The summed E-state index contributed by atoms with van der Waals surface area (Å²) >= 11 is 0. The molecule has 0 saturated carbocycles. The van der Waals surface area contributed by atoms with Crippen molar-refractivity contribution in [2.45, 2.75) is 258 Å². The van der Waals surface area contributed by atoms with Crippen molar-refractivity contribution in [2.24, 2.45) is 0 Å². The quantitative estimate of drug-likeness (QED) is 0.0199. The van der Waals surface area contributed by atoms with Crippen molar-refractivity contribution in [3.8, 4) is 0 Å². The van der Waals surface area contributed by atoms with Crippen LogP contribution in [0, 0.1) is 0 Å². The molecular formula is C59H100O6. The third-order valence-corrected chi connectivity index (χ3v) is 11.4. The van der Waals surface area contributed by atoms with E-state index in [1.165, 1.54) is 96.3 Å². The summed E-state index contributed by atoms with van der Waals surface area (Å²) in [6.45, 7) is 6.45. The SMILES string of the molecule is CC/C=C\C/C=C\CCCCCCCC(=O)OCC(COC(=O)CCCCCCC/C=C\C=C/CCCCCCCCC)OC(=O)CCC/C=C\C/C=C\C/C=C\CCCCCCCC. The van der Waals surface area contributed by atoms with Crippen LogP contribution in [0.5, 0.6) is 0 Å². The summed E-state index contributed by atoms with van der Waals surface area (Å²) in [6.07, 6.45) is 68.6. The zero-order valence-electron chi connectivity index (χ0n) is 42.5. The van der Waals surface area contributed by atoms with Gasteiger partial charge in [-0.15, -0.1) is 0 Å². The molecule has 0 N–H and O–H groups in total. The van der Waals surface area contributed by atoms with Gasteiger partial charge in [0.15, 0.2) is 6.10 Å². The van der Waals surface area contributed by atoms with E-state index in [9.17, 15) is 14.4 Å². The van der Waals surface area contributed by atoms with E-state index in [4.69, 9.17) is 14.2 Å². The van der Waals surface area contributed by atoms with E-state index in [0.29, 0.717) is 19.3 Å². The minimum absolute atomic E-state index is 0.110. The molecule has 0 aromatic rings. The molecule has 6 nitrogen and oxygen atoms in total. The third-order valence-electron chi connectivity index (χ3n) is 11.4. The van der Waals surface area contributed by atoms with Crippen molar-refractivity contribution < 1.29 is 28.6 Å². The summed E-state index contributed by atoms with van der Waals surface area (Å²) in [6, 6.07) is 0. The van der Waals surface area contributed by atoms with E-state index < -0.39 is 6.10 Å². The minimum Gasteiger partial charge on any atom is -0.462 e. The molecule has 0 bridgehead atoms. The van der Waals surface area contributed by atoms with Crippen molar-refractivity contribution in [1.82, 2.24) is 0 Å². The Bertz CT molecular complexity index is 1270. The fourth-order valence-corrected chi connectivity index (χ4v) is 7.31. The van der Waals surface area contributed by atoms with Gasteiger partial charge >= 0.3 is 17.9 Å². The lowest BCUT2D eigenvalue weighted by Crippen LogP contribution is -2.30. The van der Waals surface area contributed by atoms with Gasteiger partial charge in [0.05, 0.1) is 0 Å². The Labute approximate surface area is 401 Å². The Hall–Kier alpha value is -3.41. The van der Waals surface area contributed by atoms with Crippen molar-refractivity contribution in [3.63, 3.8) is 0 Å². The van der Waals surface area contributed by atoms with Gasteiger partial charge in [-0.25, -0.2) is 0 Å². The van der Waals surface area contributed by atoms with Crippen LogP contribution in [0.1, 0.15) is 252 Å². The van der Waals surface area contributed by atoms with Crippen LogP contribution in [0.4, 0.5) is 0 Å². The summed E-state index contributed by atoms with van der Waals surface area (Å²) < 4.78 is 16.7. The Morgan fingerprint density at radius 3 is 1.08 bits per heavy atom. The van der Waals surface area contributed by atoms with Crippen molar-refractivity contribution in [3.05, 3.63) is 85.1 Å². The lowest BCUT2D eigenvalue weighted by atomic mass is 10.1. The number of ether oxygens (including phenoxy) is 3. The highest BCUT2D eigenvalue weighted by Crippen LogP contribution is 2.13. The topological polar surface area (TPSA) is 78.9 Å². The van der Waals surface area contributed by atoms with Crippen LogP contribution in [0.2, 0.25) is 0 Å². The molecule has 0 aliphatic heterocycles. The van der Waals surface area contributed by atoms with Crippen LogP contribution in [-0.2, 0) is 28.6 Å². The second-order valence-corrected chi connectivity index (χ2v) is 17.8.